The molecule has 55 heavy (non-hydrogen) atoms. The minimum atomic E-state index is 0.902. The van der Waals surface area contributed by atoms with E-state index >= 15 is 0 Å². The second-order valence-corrected chi connectivity index (χ2v) is 14.8. The Morgan fingerprint density at radius 1 is 0.255 bits per heavy atom. The topological polar surface area (TPSA) is 13.1 Å². The van der Waals surface area contributed by atoms with Crippen molar-refractivity contribution < 1.29 is 4.42 Å². The van der Waals surface area contributed by atoms with Gasteiger partial charge in [0.2, 0.25) is 0 Å². The van der Waals surface area contributed by atoms with Crippen LogP contribution in [0.15, 0.2) is 199 Å². The van der Waals surface area contributed by atoms with Crippen LogP contribution in [0.3, 0.4) is 0 Å². The molecule has 1 aromatic heterocycles. The van der Waals surface area contributed by atoms with E-state index in [2.05, 4.69) is 188 Å². The molecule has 0 atom stereocenters. The Labute approximate surface area is 317 Å². The van der Waals surface area contributed by atoms with E-state index in [9.17, 15) is 0 Å². The maximum absolute atomic E-state index is 6.28. The van der Waals surface area contributed by atoms with E-state index < -0.39 is 0 Å². The summed E-state index contributed by atoms with van der Waals surface area (Å²) in [4.78, 5) is 0. The second-order valence-electron chi connectivity index (χ2n) is 14.8. The second kappa shape index (κ2) is 11.6. The molecular formula is C54H32O. The lowest BCUT2D eigenvalue weighted by atomic mass is 9.80. The lowest BCUT2D eigenvalue weighted by Crippen LogP contribution is -1.95. The molecule has 0 unspecified atom stereocenters. The molecule has 11 aromatic carbocycles. The summed E-state index contributed by atoms with van der Waals surface area (Å²) in [5.74, 6) is 0. The third-order valence-electron chi connectivity index (χ3n) is 11.8. The zero-order valence-electron chi connectivity index (χ0n) is 29.9. The van der Waals surface area contributed by atoms with Crippen LogP contribution in [0.1, 0.15) is 0 Å². The number of furan rings is 1. The highest BCUT2D eigenvalue weighted by atomic mass is 16.3. The van der Waals surface area contributed by atoms with Crippen molar-refractivity contribution in [1.29, 1.82) is 0 Å². The molecule has 0 N–H and O–H groups in total. The molecule has 254 valence electrons. The molecule has 0 saturated heterocycles. The van der Waals surface area contributed by atoms with E-state index in [1.54, 1.807) is 0 Å². The minimum absolute atomic E-state index is 0.902. The SMILES string of the molecule is c1ccc(-c2cccc(-c3ccc4oc5ccccc5c4c3)c2-c2c3ccccc3c(-c3cc4ccc5cccc6ccc(c3)c4c56)c3ccccc23)cc1. The third-order valence-corrected chi connectivity index (χ3v) is 11.8. The van der Waals surface area contributed by atoms with Gasteiger partial charge in [0.15, 0.2) is 0 Å². The first-order chi connectivity index (χ1) is 27.3. The average molecular weight is 697 g/mol. The number of hydrogen-bond acceptors (Lipinski definition) is 1. The largest absolute Gasteiger partial charge is 0.456 e. The van der Waals surface area contributed by atoms with Crippen LogP contribution in [0.4, 0.5) is 0 Å². The van der Waals surface area contributed by atoms with Gasteiger partial charge in [0.05, 0.1) is 0 Å². The monoisotopic (exact) mass is 696 g/mol. The van der Waals surface area contributed by atoms with Gasteiger partial charge in [-0.15, -0.1) is 0 Å². The van der Waals surface area contributed by atoms with Gasteiger partial charge in [0, 0.05) is 10.8 Å². The Morgan fingerprint density at radius 2 is 0.764 bits per heavy atom. The van der Waals surface area contributed by atoms with Crippen molar-refractivity contribution in [2.45, 2.75) is 0 Å². The predicted octanol–water partition coefficient (Wildman–Crippen LogP) is 15.5. The Balaban J connectivity index is 1.19. The van der Waals surface area contributed by atoms with E-state index in [0.29, 0.717) is 0 Å². The van der Waals surface area contributed by atoms with E-state index in [-0.39, 0.29) is 0 Å². The summed E-state index contributed by atoms with van der Waals surface area (Å²) in [7, 11) is 0. The molecule has 0 aliphatic heterocycles. The summed E-state index contributed by atoms with van der Waals surface area (Å²) in [5, 5.41) is 15.0. The number of para-hydroxylation sites is 1. The predicted molar refractivity (Wildman–Crippen MR) is 234 cm³/mol. The first kappa shape index (κ1) is 30.3. The van der Waals surface area contributed by atoms with E-state index in [1.807, 2.05) is 6.07 Å². The summed E-state index contributed by atoms with van der Waals surface area (Å²) in [6.45, 7) is 0. The van der Waals surface area contributed by atoms with Crippen LogP contribution >= 0.6 is 0 Å². The molecule has 0 saturated carbocycles. The Hall–Kier alpha value is -7.22. The van der Waals surface area contributed by atoms with Crippen LogP contribution in [-0.4, -0.2) is 0 Å². The molecule has 0 aliphatic rings. The fourth-order valence-corrected chi connectivity index (χ4v) is 9.42. The first-order valence-corrected chi connectivity index (χ1v) is 19.0. The highest BCUT2D eigenvalue weighted by Crippen LogP contribution is 2.50. The maximum atomic E-state index is 6.28. The van der Waals surface area contributed by atoms with Crippen LogP contribution < -0.4 is 0 Å². The van der Waals surface area contributed by atoms with Crippen LogP contribution in [-0.2, 0) is 0 Å². The summed E-state index contributed by atoms with van der Waals surface area (Å²) in [6.07, 6.45) is 0. The molecule has 0 bridgehead atoms. The van der Waals surface area contributed by atoms with Gasteiger partial charge >= 0.3 is 0 Å². The minimum Gasteiger partial charge on any atom is -0.456 e. The number of benzene rings is 11. The molecular weight excluding hydrogens is 665 g/mol. The first-order valence-electron chi connectivity index (χ1n) is 19.0. The van der Waals surface area contributed by atoms with Crippen molar-refractivity contribution >= 4 is 75.8 Å². The van der Waals surface area contributed by atoms with Gasteiger partial charge in [0.1, 0.15) is 11.2 Å². The smallest absolute Gasteiger partial charge is 0.135 e. The molecule has 0 amide bonds. The van der Waals surface area contributed by atoms with Crippen molar-refractivity contribution in [3.63, 3.8) is 0 Å². The van der Waals surface area contributed by atoms with Crippen molar-refractivity contribution in [2.24, 2.45) is 0 Å². The lowest BCUT2D eigenvalue weighted by Gasteiger charge is -2.23. The third kappa shape index (κ3) is 4.48. The molecule has 12 aromatic rings. The van der Waals surface area contributed by atoms with Gasteiger partial charge in [0.25, 0.3) is 0 Å². The quantitative estimate of drug-likeness (QED) is 0.132. The fourth-order valence-electron chi connectivity index (χ4n) is 9.42. The van der Waals surface area contributed by atoms with Crippen LogP contribution in [0.5, 0.6) is 0 Å². The van der Waals surface area contributed by atoms with E-state index in [0.717, 1.165) is 27.5 Å². The lowest BCUT2D eigenvalue weighted by molar-refractivity contribution is 0.669. The van der Waals surface area contributed by atoms with Crippen molar-refractivity contribution in [1.82, 2.24) is 0 Å². The summed E-state index contributed by atoms with van der Waals surface area (Å²) in [6, 6.07) is 71.3. The summed E-state index contributed by atoms with van der Waals surface area (Å²) >= 11 is 0. The number of rotatable bonds is 4. The Kier molecular flexibility index (Phi) is 6.40. The maximum Gasteiger partial charge on any atom is 0.135 e. The van der Waals surface area contributed by atoms with E-state index in [1.165, 1.54) is 92.8 Å². The molecule has 0 spiro atoms. The van der Waals surface area contributed by atoms with Crippen molar-refractivity contribution in [3.05, 3.63) is 194 Å². The van der Waals surface area contributed by atoms with Crippen molar-refractivity contribution in [2.75, 3.05) is 0 Å². The molecule has 1 nitrogen and oxygen atoms in total. The molecule has 0 aliphatic carbocycles. The van der Waals surface area contributed by atoms with Gasteiger partial charge in [-0.2, -0.15) is 0 Å². The van der Waals surface area contributed by atoms with Crippen LogP contribution in [0, 0.1) is 0 Å². The van der Waals surface area contributed by atoms with Crippen LogP contribution in [0.2, 0.25) is 0 Å². The zero-order chi connectivity index (χ0) is 36.0. The molecule has 0 radical (unpaired) electrons. The van der Waals surface area contributed by atoms with Gasteiger partial charge in [-0.25, -0.2) is 0 Å². The Morgan fingerprint density at radius 3 is 1.44 bits per heavy atom. The van der Waals surface area contributed by atoms with Crippen molar-refractivity contribution in [3.8, 4) is 44.5 Å². The highest BCUT2D eigenvalue weighted by Gasteiger charge is 2.23. The molecule has 0 fully saturated rings. The average Bonchev–Trinajstić information content (AvgIpc) is 3.63. The van der Waals surface area contributed by atoms with Gasteiger partial charge in [-0.1, -0.05) is 164 Å². The summed E-state index contributed by atoms with van der Waals surface area (Å²) in [5.41, 5.74) is 11.6. The molecule has 1 heterocycles. The van der Waals surface area contributed by atoms with Gasteiger partial charge in [-0.3, -0.25) is 0 Å². The standard InChI is InChI=1S/C54H32O/c1-2-12-33(13-3-1)40-21-11-22-41(36-28-29-49-47(32-36)42-16-8-9-23-48(42)55-49)53(40)54-45-19-6-4-17-43(45)52(44-18-5-7-20-46(44)54)39-30-37-26-24-34-14-10-15-35-25-27-38(31-39)51(37)50(34)35/h1-32H. The van der Waals surface area contributed by atoms with Gasteiger partial charge < -0.3 is 4.42 Å². The number of fused-ring (bicyclic) bond motifs is 5. The normalized spacial score (nSPS) is 12.0. The zero-order valence-corrected chi connectivity index (χ0v) is 29.9. The van der Waals surface area contributed by atoms with Crippen LogP contribution in [0.25, 0.3) is 120 Å². The Bertz CT molecular complexity index is 3360. The van der Waals surface area contributed by atoms with E-state index in [4.69, 9.17) is 4.42 Å². The fraction of sp³-hybridized carbons (Fsp3) is 0. The highest BCUT2D eigenvalue weighted by molar-refractivity contribution is 6.27. The van der Waals surface area contributed by atoms with Gasteiger partial charge in [-0.05, 0) is 129 Å². The molecule has 12 rings (SSSR count). The molecule has 1 heteroatoms. The number of hydrogen-bond donors (Lipinski definition) is 0. The summed E-state index contributed by atoms with van der Waals surface area (Å²) < 4.78 is 6.28.